The van der Waals surface area contributed by atoms with Gasteiger partial charge in [-0.3, -0.25) is 0 Å². The summed E-state index contributed by atoms with van der Waals surface area (Å²) in [6.45, 7) is 5.10. The highest BCUT2D eigenvalue weighted by Gasteiger charge is 2.32. The van der Waals surface area contributed by atoms with Crippen LogP contribution < -0.4 is 4.90 Å². The maximum Gasteiger partial charge on any atom is 0.328 e. The molecule has 0 aliphatic carbocycles. The standard InChI is InChI=1S/C13H16N2O3/c1-8-14-10-7-9(5-6-11(10)18-8)15(4)13(2,3)12(16)17/h5-7H,1-4H3,(H,16,17). The summed E-state index contributed by atoms with van der Waals surface area (Å²) in [6.07, 6.45) is 0. The Morgan fingerprint density at radius 2 is 2.11 bits per heavy atom. The molecule has 0 fully saturated rings. The van der Waals surface area contributed by atoms with Crippen LogP contribution in [-0.2, 0) is 4.79 Å². The molecule has 1 aromatic heterocycles. The Bertz CT molecular complexity index is 601. The third-order valence-electron chi connectivity index (χ3n) is 3.23. The van der Waals surface area contributed by atoms with E-state index in [1.807, 2.05) is 12.1 Å². The molecule has 0 atom stereocenters. The van der Waals surface area contributed by atoms with Crippen LogP contribution in [0.5, 0.6) is 0 Å². The molecule has 96 valence electrons. The van der Waals surface area contributed by atoms with Crippen LogP contribution >= 0.6 is 0 Å². The number of rotatable bonds is 3. The molecular weight excluding hydrogens is 232 g/mol. The first kappa shape index (κ1) is 12.4. The number of carboxylic acids is 1. The molecule has 0 aliphatic rings. The van der Waals surface area contributed by atoms with E-state index in [1.165, 1.54) is 0 Å². The Morgan fingerprint density at radius 1 is 1.44 bits per heavy atom. The average molecular weight is 248 g/mol. The SMILES string of the molecule is Cc1nc2cc(N(C)C(C)(C)C(=O)O)ccc2o1. The number of benzene rings is 1. The van der Waals surface area contributed by atoms with Crippen molar-refractivity contribution in [3.63, 3.8) is 0 Å². The lowest BCUT2D eigenvalue weighted by molar-refractivity contribution is -0.142. The van der Waals surface area contributed by atoms with Crippen molar-refractivity contribution in [1.29, 1.82) is 0 Å². The van der Waals surface area contributed by atoms with Gasteiger partial charge in [0.25, 0.3) is 0 Å². The second-order valence-corrected chi connectivity index (χ2v) is 4.81. The predicted molar refractivity (Wildman–Crippen MR) is 68.9 cm³/mol. The number of likely N-dealkylation sites (N-methyl/N-ethyl adjacent to an activating group) is 1. The van der Waals surface area contributed by atoms with Gasteiger partial charge in [-0.15, -0.1) is 0 Å². The molecule has 0 amide bonds. The van der Waals surface area contributed by atoms with Crippen LogP contribution in [0.15, 0.2) is 22.6 Å². The summed E-state index contributed by atoms with van der Waals surface area (Å²) in [7, 11) is 1.75. The van der Waals surface area contributed by atoms with Gasteiger partial charge in [0.05, 0.1) is 0 Å². The quantitative estimate of drug-likeness (QED) is 0.903. The van der Waals surface area contributed by atoms with Gasteiger partial charge in [-0.2, -0.15) is 0 Å². The molecule has 0 spiro atoms. The van der Waals surface area contributed by atoms with Crippen LogP contribution in [0.2, 0.25) is 0 Å². The fourth-order valence-electron chi connectivity index (χ4n) is 1.71. The van der Waals surface area contributed by atoms with Crippen molar-refractivity contribution in [1.82, 2.24) is 4.98 Å². The summed E-state index contributed by atoms with van der Waals surface area (Å²) < 4.78 is 5.39. The number of carboxylic acid groups (broad SMARTS) is 1. The predicted octanol–water partition coefficient (Wildman–Crippen LogP) is 2.44. The van der Waals surface area contributed by atoms with Crippen LogP contribution in [0.3, 0.4) is 0 Å². The van der Waals surface area contributed by atoms with Crippen LogP contribution in [0.1, 0.15) is 19.7 Å². The highest BCUT2D eigenvalue weighted by molar-refractivity contribution is 5.84. The van der Waals surface area contributed by atoms with E-state index in [0.717, 1.165) is 11.2 Å². The molecule has 5 heteroatoms. The fourth-order valence-corrected chi connectivity index (χ4v) is 1.71. The van der Waals surface area contributed by atoms with E-state index in [4.69, 9.17) is 4.42 Å². The number of anilines is 1. The highest BCUT2D eigenvalue weighted by Crippen LogP contribution is 2.26. The second-order valence-electron chi connectivity index (χ2n) is 4.81. The van der Waals surface area contributed by atoms with E-state index in [1.54, 1.807) is 38.8 Å². The van der Waals surface area contributed by atoms with Crippen molar-refractivity contribution in [3.05, 3.63) is 24.1 Å². The van der Waals surface area contributed by atoms with Gasteiger partial charge >= 0.3 is 5.97 Å². The van der Waals surface area contributed by atoms with Gasteiger partial charge in [-0.1, -0.05) is 0 Å². The van der Waals surface area contributed by atoms with E-state index >= 15 is 0 Å². The number of carbonyl (C=O) groups is 1. The van der Waals surface area contributed by atoms with Crippen LogP contribution in [-0.4, -0.2) is 28.6 Å². The zero-order valence-electron chi connectivity index (χ0n) is 10.9. The van der Waals surface area contributed by atoms with Crippen LogP contribution in [0, 0.1) is 6.92 Å². The minimum Gasteiger partial charge on any atom is -0.480 e. The minimum atomic E-state index is -0.980. The zero-order valence-corrected chi connectivity index (χ0v) is 10.9. The number of fused-ring (bicyclic) bond motifs is 1. The average Bonchev–Trinajstić information content (AvgIpc) is 2.66. The van der Waals surface area contributed by atoms with Crippen molar-refractivity contribution in [3.8, 4) is 0 Å². The van der Waals surface area contributed by atoms with Crippen LogP contribution in [0.25, 0.3) is 11.1 Å². The van der Waals surface area contributed by atoms with Gasteiger partial charge in [-0.05, 0) is 32.0 Å². The number of aryl methyl sites for hydroxylation is 1. The topological polar surface area (TPSA) is 66.6 Å². The molecule has 0 unspecified atom stereocenters. The van der Waals surface area contributed by atoms with Gasteiger partial charge < -0.3 is 14.4 Å². The van der Waals surface area contributed by atoms with Gasteiger partial charge in [-0.25, -0.2) is 9.78 Å². The lowest BCUT2D eigenvalue weighted by atomic mass is 10.0. The lowest BCUT2D eigenvalue weighted by Gasteiger charge is -2.33. The second kappa shape index (κ2) is 4.01. The van der Waals surface area contributed by atoms with Gasteiger partial charge in [0.15, 0.2) is 11.5 Å². The molecule has 1 aromatic carbocycles. The first-order valence-corrected chi connectivity index (χ1v) is 5.67. The summed E-state index contributed by atoms with van der Waals surface area (Å²) in [4.78, 5) is 17.2. The lowest BCUT2D eigenvalue weighted by Crippen LogP contribution is -2.48. The van der Waals surface area contributed by atoms with Crippen molar-refractivity contribution in [2.75, 3.05) is 11.9 Å². The van der Waals surface area contributed by atoms with Crippen molar-refractivity contribution in [2.45, 2.75) is 26.3 Å². The van der Waals surface area contributed by atoms with E-state index in [0.29, 0.717) is 11.5 Å². The van der Waals surface area contributed by atoms with Gasteiger partial charge in [0.1, 0.15) is 11.1 Å². The molecule has 5 nitrogen and oxygen atoms in total. The largest absolute Gasteiger partial charge is 0.480 e. The maximum absolute atomic E-state index is 11.2. The zero-order chi connectivity index (χ0) is 13.5. The smallest absolute Gasteiger partial charge is 0.328 e. The van der Waals surface area contributed by atoms with E-state index in [2.05, 4.69) is 4.98 Å². The summed E-state index contributed by atoms with van der Waals surface area (Å²) in [5.41, 5.74) is 1.26. The number of hydrogen-bond acceptors (Lipinski definition) is 4. The molecule has 0 aliphatic heterocycles. The molecule has 0 saturated carbocycles. The van der Waals surface area contributed by atoms with E-state index in [-0.39, 0.29) is 0 Å². The molecular formula is C13H16N2O3. The number of nitrogens with zero attached hydrogens (tertiary/aromatic N) is 2. The van der Waals surface area contributed by atoms with Gasteiger partial charge in [0, 0.05) is 19.7 Å². The summed E-state index contributed by atoms with van der Waals surface area (Å²) in [6, 6.07) is 5.47. The first-order chi connectivity index (χ1) is 8.32. The van der Waals surface area contributed by atoms with E-state index in [9.17, 15) is 9.90 Å². The molecule has 0 radical (unpaired) electrons. The first-order valence-electron chi connectivity index (χ1n) is 5.67. The molecule has 0 saturated heterocycles. The summed E-state index contributed by atoms with van der Waals surface area (Å²) >= 11 is 0. The normalized spacial score (nSPS) is 11.8. The van der Waals surface area contributed by atoms with Crippen LogP contribution in [0.4, 0.5) is 5.69 Å². The maximum atomic E-state index is 11.2. The third kappa shape index (κ3) is 1.92. The Morgan fingerprint density at radius 3 is 2.72 bits per heavy atom. The number of aliphatic carboxylic acids is 1. The molecule has 0 bridgehead atoms. The monoisotopic (exact) mass is 248 g/mol. The number of oxazole rings is 1. The molecule has 18 heavy (non-hydrogen) atoms. The third-order valence-corrected chi connectivity index (χ3v) is 3.23. The molecule has 1 heterocycles. The van der Waals surface area contributed by atoms with Gasteiger partial charge in [0.2, 0.25) is 0 Å². The highest BCUT2D eigenvalue weighted by atomic mass is 16.4. The van der Waals surface area contributed by atoms with Crippen molar-refractivity contribution < 1.29 is 14.3 Å². The minimum absolute atomic E-state index is 0.599. The van der Waals surface area contributed by atoms with E-state index < -0.39 is 11.5 Å². The van der Waals surface area contributed by atoms with Crippen molar-refractivity contribution in [2.24, 2.45) is 0 Å². The Balaban J connectivity index is 2.44. The molecule has 2 rings (SSSR count). The number of hydrogen-bond donors (Lipinski definition) is 1. The fraction of sp³-hybridized carbons (Fsp3) is 0.385. The molecule has 2 aromatic rings. The summed E-state index contributed by atoms with van der Waals surface area (Å²) in [5.74, 6) is -0.274. The Kier molecular flexibility index (Phi) is 2.77. The Labute approximate surface area is 105 Å². The van der Waals surface area contributed by atoms with Crippen molar-refractivity contribution >= 4 is 22.8 Å². The number of aromatic nitrogens is 1. The Hall–Kier alpha value is -2.04. The summed E-state index contributed by atoms with van der Waals surface area (Å²) in [5, 5.41) is 9.21. The molecule has 1 N–H and O–H groups in total.